The summed E-state index contributed by atoms with van der Waals surface area (Å²) in [6.45, 7) is 2.29. The van der Waals surface area contributed by atoms with E-state index >= 15 is 0 Å². The summed E-state index contributed by atoms with van der Waals surface area (Å²) in [5.41, 5.74) is 0. The van der Waals surface area contributed by atoms with Crippen molar-refractivity contribution < 1.29 is 0 Å². The van der Waals surface area contributed by atoms with Gasteiger partial charge < -0.3 is 5.32 Å². The third-order valence-corrected chi connectivity index (χ3v) is 2.55. The Labute approximate surface area is 57.8 Å². The van der Waals surface area contributed by atoms with Gasteiger partial charge in [-0.25, -0.2) is 0 Å². The molecule has 0 spiro atoms. The first-order valence-corrected chi connectivity index (χ1v) is 4.05. The first kappa shape index (κ1) is 7.07. The lowest BCUT2D eigenvalue weighted by Crippen LogP contribution is -2.28. The second-order valence-electron chi connectivity index (χ2n) is 2.99. The zero-order valence-corrected chi connectivity index (χ0v) is 6.48. The van der Waals surface area contributed by atoms with Gasteiger partial charge in [0, 0.05) is 6.04 Å². The Morgan fingerprint density at radius 1 is 1.44 bits per heavy atom. The highest BCUT2D eigenvalue weighted by molar-refractivity contribution is 4.80. The van der Waals surface area contributed by atoms with Gasteiger partial charge in [0.05, 0.1) is 0 Å². The van der Waals surface area contributed by atoms with E-state index in [4.69, 9.17) is 0 Å². The number of nitrogens with one attached hydrogen (secondary N) is 1. The molecule has 1 aliphatic rings. The third kappa shape index (κ3) is 1.45. The summed E-state index contributed by atoms with van der Waals surface area (Å²) in [7, 11) is 2.08. The van der Waals surface area contributed by atoms with Gasteiger partial charge in [0.1, 0.15) is 0 Å². The summed E-state index contributed by atoms with van der Waals surface area (Å²) in [5.74, 6) is 0.968. The fraction of sp³-hybridized carbons (Fsp3) is 1.00. The van der Waals surface area contributed by atoms with E-state index < -0.39 is 0 Å². The number of rotatable bonds is 2. The van der Waals surface area contributed by atoms with Crippen molar-refractivity contribution in [3.05, 3.63) is 0 Å². The highest BCUT2D eigenvalue weighted by Crippen LogP contribution is 2.27. The molecule has 0 saturated heterocycles. The van der Waals surface area contributed by atoms with Crippen molar-refractivity contribution >= 4 is 0 Å². The lowest BCUT2D eigenvalue weighted by Gasteiger charge is -2.15. The van der Waals surface area contributed by atoms with Crippen LogP contribution < -0.4 is 5.32 Å². The van der Waals surface area contributed by atoms with Gasteiger partial charge in [0.15, 0.2) is 0 Å². The van der Waals surface area contributed by atoms with E-state index in [1.54, 1.807) is 0 Å². The van der Waals surface area contributed by atoms with Gasteiger partial charge >= 0.3 is 0 Å². The molecule has 0 aromatic heterocycles. The van der Waals surface area contributed by atoms with E-state index in [2.05, 4.69) is 19.3 Å². The van der Waals surface area contributed by atoms with Crippen LogP contribution in [-0.2, 0) is 0 Å². The Bertz CT molecular complexity index is 70.6. The standard InChI is InChI=1S/C8H17N/c1-3-7-5-4-6-8(7)9-2/h7-9H,3-6H2,1-2H3/t7-,8+/m1/s1. The Balaban J connectivity index is 2.32. The molecule has 1 fully saturated rings. The van der Waals surface area contributed by atoms with Crippen molar-refractivity contribution in [1.29, 1.82) is 0 Å². The van der Waals surface area contributed by atoms with Crippen molar-refractivity contribution in [2.24, 2.45) is 5.92 Å². The van der Waals surface area contributed by atoms with Crippen molar-refractivity contribution in [2.75, 3.05) is 7.05 Å². The molecule has 1 saturated carbocycles. The predicted molar refractivity (Wildman–Crippen MR) is 40.5 cm³/mol. The normalized spacial score (nSPS) is 35.3. The summed E-state index contributed by atoms with van der Waals surface area (Å²) in [4.78, 5) is 0. The zero-order valence-electron chi connectivity index (χ0n) is 6.48. The Hall–Kier alpha value is -0.0400. The van der Waals surface area contributed by atoms with Gasteiger partial charge in [-0.1, -0.05) is 19.8 Å². The highest BCUT2D eigenvalue weighted by Gasteiger charge is 2.23. The predicted octanol–water partition coefficient (Wildman–Crippen LogP) is 1.78. The average Bonchev–Trinajstić information content (AvgIpc) is 2.33. The average molecular weight is 127 g/mol. The molecule has 1 nitrogen and oxygen atoms in total. The van der Waals surface area contributed by atoms with Crippen LogP contribution in [0, 0.1) is 5.92 Å². The molecular formula is C8H17N. The lowest BCUT2D eigenvalue weighted by molar-refractivity contribution is 0.414. The molecule has 1 heteroatoms. The molecule has 0 unspecified atom stereocenters. The minimum atomic E-state index is 0.829. The van der Waals surface area contributed by atoms with Gasteiger partial charge in [0.25, 0.3) is 0 Å². The van der Waals surface area contributed by atoms with E-state index in [0.29, 0.717) is 0 Å². The summed E-state index contributed by atoms with van der Waals surface area (Å²) in [5, 5.41) is 3.36. The molecule has 1 N–H and O–H groups in total. The lowest BCUT2D eigenvalue weighted by atomic mass is 10.0. The maximum atomic E-state index is 3.36. The smallest absolute Gasteiger partial charge is 0.00922 e. The van der Waals surface area contributed by atoms with Crippen molar-refractivity contribution in [3.8, 4) is 0 Å². The summed E-state index contributed by atoms with van der Waals surface area (Å²) >= 11 is 0. The second kappa shape index (κ2) is 3.21. The molecule has 2 atom stereocenters. The molecule has 1 rings (SSSR count). The largest absolute Gasteiger partial charge is 0.317 e. The monoisotopic (exact) mass is 127 g/mol. The Morgan fingerprint density at radius 2 is 2.22 bits per heavy atom. The van der Waals surface area contributed by atoms with E-state index in [1.807, 2.05) is 0 Å². The molecular weight excluding hydrogens is 110 g/mol. The summed E-state index contributed by atoms with van der Waals surface area (Å²) in [6.07, 6.45) is 5.63. The van der Waals surface area contributed by atoms with E-state index in [9.17, 15) is 0 Å². The molecule has 9 heavy (non-hydrogen) atoms. The molecule has 1 aliphatic carbocycles. The van der Waals surface area contributed by atoms with Crippen LogP contribution in [-0.4, -0.2) is 13.1 Å². The first-order valence-electron chi connectivity index (χ1n) is 4.05. The molecule has 0 aromatic carbocycles. The molecule has 0 radical (unpaired) electrons. The fourth-order valence-electron chi connectivity index (χ4n) is 1.91. The molecule has 0 amide bonds. The van der Waals surface area contributed by atoms with Gasteiger partial charge in [0.2, 0.25) is 0 Å². The van der Waals surface area contributed by atoms with Crippen molar-refractivity contribution in [3.63, 3.8) is 0 Å². The van der Waals surface area contributed by atoms with Gasteiger partial charge in [-0.3, -0.25) is 0 Å². The summed E-state index contributed by atoms with van der Waals surface area (Å²) < 4.78 is 0. The van der Waals surface area contributed by atoms with E-state index in [1.165, 1.54) is 25.7 Å². The molecule has 54 valence electrons. The minimum Gasteiger partial charge on any atom is -0.317 e. The quantitative estimate of drug-likeness (QED) is 0.596. The molecule has 0 bridgehead atoms. The van der Waals surface area contributed by atoms with E-state index in [-0.39, 0.29) is 0 Å². The highest BCUT2D eigenvalue weighted by atomic mass is 14.9. The van der Waals surface area contributed by atoms with Crippen molar-refractivity contribution in [2.45, 2.75) is 38.6 Å². The number of hydrogen-bond donors (Lipinski definition) is 1. The van der Waals surface area contributed by atoms with Crippen LogP contribution in [0.5, 0.6) is 0 Å². The second-order valence-corrected chi connectivity index (χ2v) is 2.99. The Kier molecular flexibility index (Phi) is 2.52. The van der Waals surface area contributed by atoms with Crippen LogP contribution in [0.2, 0.25) is 0 Å². The maximum Gasteiger partial charge on any atom is 0.00922 e. The van der Waals surface area contributed by atoms with Gasteiger partial charge in [-0.05, 0) is 25.8 Å². The third-order valence-electron chi connectivity index (χ3n) is 2.55. The maximum absolute atomic E-state index is 3.36. The minimum absolute atomic E-state index is 0.829. The van der Waals surface area contributed by atoms with Crippen LogP contribution in [0.1, 0.15) is 32.6 Å². The zero-order chi connectivity index (χ0) is 6.69. The van der Waals surface area contributed by atoms with E-state index in [0.717, 1.165) is 12.0 Å². The molecule has 0 heterocycles. The topological polar surface area (TPSA) is 12.0 Å². The van der Waals surface area contributed by atoms with Crippen LogP contribution >= 0.6 is 0 Å². The first-order chi connectivity index (χ1) is 4.38. The molecule has 0 aliphatic heterocycles. The van der Waals surface area contributed by atoms with Crippen LogP contribution in [0.3, 0.4) is 0 Å². The molecule has 0 aromatic rings. The van der Waals surface area contributed by atoms with Gasteiger partial charge in [-0.2, -0.15) is 0 Å². The van der Waals surface area contributed by atoms with Crippen LogP contribution in [0.15, 0.2) is 0 Å². The Morgan fingerprint density at radius 3 is 2.67 bits per heavy atom. The van der Waals surface area contributed by atoms with Gasteiger partial charge in [-0.15, -0.1) is 0 Å². The SMILES string of the molecule is CC[C@@H]1CCC[C@@H]1NC. The van der Waals surface area contributed by atoms with Crippen molar-refractivity contribution in [1.82, 2.24) is 5.32 Å². The fourth-order valence-corrected chi connectivity index (χ4v) is 1.91. The van der Waals surface area contributed by atoms with Crippen LogP contribution in [0.25, 0.3) is 0 Å². The number of hydrogen-bond acceptors (Lipinski definition) is 1. The summed E-state index contributed by atoms with van der Waals surface area (Å²) in [6, 6.07) is 0.829. The van der Waals surface area contributed by atoms with Crippen LogP contribution in [0.4, 0.5) is 0 Å².